The fraction of sp³-hybridized carbons (Fsp3) is 0.481. The number of nitrogens with zero attached hydrogens (tertiary/aromatic N) is 2. The second-order valence-corrected chi connectivity index (χ2v) is 10.6. The summed E-state index contributed by atoms with van der Waals surface area (Å²) in [6, 6.07) is 6.71. The van der Waals surface area contributed by atoms with Crippen molar-refractivity contribution in [3.05, 3.63) is 57.2 Å². The molecule has 1 heterocycles. The molecule has 0 unspecified atom stereocenters. The lowest BCUT2D eigenvalue weighted by Crippen LogP contribution is -2.21. The molecule has 0 saturated carbocycles. The average Bonchev–Trinajstić information content (AvgIpc) is 3.10. The molecule has 0 bridgehead atoms. The standard InChI is InChI=1S/C27H32N2O2S/c1-5-29-23-12-11-19-9-7-8-10-21(19)25(23)32-24(29)14-18-13-20(16-27(3,4)15-18)22(17-28)26(30)31-6-2/h11-14H,5-10,15-16H2,1-4H3/b22-20-,24-14+. The van der Waals surface area contributed by atoms with E-state index in [1.807, 2.05) is 17.8 Å². The minimum Gasteiger partial charge on any atom is -0.462 e. The van der Waals surface area contributed by atoms with Crippen LogP contribution in [0.2, 0.25) is 0 Å². The van der Waals surface area contributed by atoms with Crippen molar-refractivity contribution in [1.82, 2.24) is 0 Å². The molecule has 32 heavy (non-hydrogen) atoms. The number of ether oxygens (including phenoxy) is 1. The Hall–Kier alpha value is -2.45. The summed E-state index contributed by atoms with van der Waals surface area (Å²) in [6.07, 6.45) is 10.8. The first-order chi connectivity index (χ1) is 15.4. The highest BCUT2D eigenvalue weighted by molar-refractivity contribution is 8.03. The van der Waals surface area contributed by atoms with E-state index in [2.05, 4.69) is 49.9 Å². The quantitative estimate of drug-likeness (QED) is 0.300. The maximum absolute atomic E-state index is 12.4. The van der Waals surface area contributed by atoms with Crippen molar-refractivity contribution in [3.63, 3.8) is 0 Å². The van der Waals surface area contributed by atoms with Crippen LogP contribution in [0.1, 0.15) is 64.5 Å². The van der Waals surface area contributed by atoms with Gasteiger partial charge < -0.3 is 9.64 Å². The lowest BCUT2D eigenvalue weighted by molar-refractivity contribution is -0.138. The topological polar surface area (TPSA) is 53.3 Å². The Balaban J connectivity index is 1.74. The lowest BCUT2D eigenvalue weighted by Gasteiger charge is -2.31. The summed E-state index contributed by atoms with van der Waals surface area (Å²) in [5.74, 6) is -0.518. The summed E-state index contributed by atoms with van der Waals surface area (Å²) < 4.78 is 5.14. The predicted octanol–water partition coefficient (Wildman–Crippen LogP) is 6.47. The average molecular weight is 449 g/mol. The Morgan fingerprint density at radius 3 is 2.75 bits per heavy atom. The molecule has 1 aromatic carbocycles. The molecule has 0 fully saturated rings. The van der Waals surface area contributed by atoms with E-state index < -0.39 is 5.97 Å². The molecular formula is C27H32N2O2S. The zero-order valence-corrected chi connectivity index (χ0v) is 20.4. The van der Waals surface area contributed by atoms with E-state index in [4.69, 9.17) is 4.74 Å². The first kappa shape index (κ1) is 22.7. The number of rotatable bonds is 4. The Labute approximate surface area is 196 Å². The predicted molar refractivity (Wildman–Crippen MR) is 130 cm³/mol. The van der Waals surface area contributed by atoms with Crippen molar-refractivity contribution in [2.75, 3.05) is 18.1 Å². The zero-order chi connectivity index (χ0) is 22.9. The van der Waals surface area contributed by atoms with Gasteiger partial charge >= 0.3 is 5.97 Å². The molecule has 3 aliphatic rings. The summed E-state index contributed by atoms with van der Waals surface area (Å²) in [5, 5.41) is 10.9. The van der Waals surface area contributed by atoms with Gasteiger partial charge in [-0.15, -0.1) is 0 Å². The smallest absolute Gasteiger partial charge is 0.349 e. The van der Waals surface area contributed by atoms with Gasteiger partial charge in [0, 0.05) is 11.4 Å². The van der Waals surface area contributed by atoms with Gasteiger partial charge in [0.25, 0.3) is 0 Å². The number of carbonyl (C=O) groups excluding carboxylic acids is 1. The molecule has 4 rings (SSSR count). The Morgan fingerprint density at radius 2 is 2.03 bits per heavy atom. The molecule has 1 aromatic rings. The Kier molecular flexibility index (Phi) is 6.53. The monoisotopic (exact) mass is 448 g/mol. The first-order valence-electron chi connectivity index (χ1n) is 11.7. The van der Waals surface area contributed by atoms with Crippen molar-refractivity contribution in [1.29, 1.82) is 5.26 Å². The number of hydrogen-bond donors (Lipinski definition) is 0. The fourth-order valence-electron chi connectivity index (χ4n) is 5.14. The highest BCUT2D eigenvalue weighted by Gasteiger charge is 2.32. The van der Waals surface area contributed by atoms with Crippen LogP contribution in [0.25, 0.3) is 0 Å². The van der Waals surface area contributed by atoms with Crippen LogP contribution in [0.5, 0.6) is 0 Å². The minimum atomic E-state index is -0.518. The van der Waals surface area contributed by atoms with Gasteiger partial charge in [-0.3, -0.25) is 0 Å². The number of aryl methyl sites for hydroxylation is 1. The zero-order valence-electron chi connectivity index (χ0n) is 19.6. The highest BCUT2D eigenvalue weighted by Crippen LogP contribution is 2.51. The van der Waals surface area contributed by atoms with Crippen molar-refractivity contribution in [2.45, 2.75) is 71.1 Å². The highest BCUT2D eigenvalue weighted by atomic mass is 32.2. The third kappa shape index (κ3) is 4.38. The van der Waals surface area contributed by atoms with Gasteiger partial charge in [0.15, 0.2) is 0 Å². The minimum absolute atomic E-state index is 0.0304. The first-order valence-corrected chi connectivity index (χ1v) is 12.5. The Bertz CT molecular complexity index is 1070. The molecule has 1 aliphatic heterocycles. The second-order valence-electron chi connectivity index (χ2n) is 9.56. The summed E-state index contributed by atoms with van der Waals surface area (Å²) in [4.78, 5) is 16.2. The number of benzene rings is 1. The third-order valence-corrected chi connectivity index (χ3v) is 7.68. The molecule has 0 N–H and O–H groups in total. The van der Waals surface area contributed by atoms with E-state index in [-0.39, 0.29) is 17.6 Å². The van der Waals surface area contributed by atoms with Crippen LogP contribution in [0.4, 0.5) is 5.69 Å². The molecule has 0 spiro atoms. The van der Waals surface area contributed by atoms with Gasteiger partial charge in [-0.1, -0.05) is 37.8 Å². The van der Waals surface area contributed by atoms with Crippen molar-refractivity contribution >= 4 is 23.4 Å². The van der Waals surface area contributed by atoms with Crippen LogP contribution in [0, 0.1) is 16.7 Å². The molecule has 0 saturated heterocycles. The second kappa shape index (κ2) is 9.19. The van der Waals surface area contributed by atoms with Crippen molar-refractivity contribution in [3.8, 4) is 6.07 Å². The van der Waals surface area contributed by atoms with E-state index in [0.717, 1.165) is 24.1 Å². The van der Waals surface area contributed by atoms with E-state index in [9.17, 15) is 10.1 Å². The number of nitriles is 1. The van der Waals surface area contributed by atoms with Crippen LogP contribution in [0.15, 0.2) is 50.9 Å². The number of hydrogen-bond acceptors (Lipinski definition) is 5. The molecule has 0 atom stereocenters. The van der Waals surface area contributed by atoms with Gasteiger partial charge in [-0.05, 0) is 92.2 Å². The molecule has 0 radical (unpaired) electrons. The maximum Gasteiger partial charge on any atom is 0.349 e. The van der Waals surface area contributed by atoms with Crippen LogP contribution >= 0.6 is 11.8 Å². The molecule has 0 amide bonds. The number of allylic oxidation sites excluding steroid dienone is 4. The van der Waals surface area contributed by atoms with Gasteiger partial charge in [0.05, 0.1) is 17.3 Å². The third-order valence-electron chi connectivity index (χ3n) is 6.47. The molecule has 5 heteroatoms. The number of esters is 1. The maximum atomic E-state index is 12.4. The summed E-state index contributed by atoms with van der Waals surface area (Å²) in [7, 11) is 0. The molecular weight excluding hydrogens is 416 g/mol. The van der Waals surface area contributed by atoms with E-state index in [0.29, 0.717) is 6.42 Å². The summed E-state index contributed by atoms with van der Waals surface area (Å²) in [5.41, 5.74) is 6.42. The number of fused-ring (bicyclic) bond motifs is 3. The fourth-order valence-corrected chi connectivity index (χ4v) is 6.54. The molecule has 168 valence electrons. The number of thioether (sulfide) groups is 1. The van der Waals surface area contributed by atoms with Crippen LogP contribution in [-0.4, -0.2) is 19.1 Å². The SMILES string of the molecule is CCOC(=O)/C(C#N)=C1C=C(/C=C2/Sc3c(ccc4c3CCCC4)N2CC)CC(C)(C)C/1. The van der Waals surface area contributed by atoms with E-state index in [1.165, 1.54) is 52.4 Å². The normalized spacial score (nSPS) is 22.0. The number of carbonyl (C=O) groups is 1. The van der Waals surface area contributed by atoms with Crippen LogP contribution in [0.3, 0.4) is 0 Å². The Morgan fingerprint density at radius 1 is 1.25 bits per heavy atom. The van der Waals surface area contributed by atoms with E-state index >= 15 is 0 Å². The van der Waals surface area contributed by atoms with Gasteiger partial charge in [-0.25, -0.2) is 4.79 Å². The summed E-state index contributed by atoms with van der Waals surface area (Å²) in [6.45, 7) is 9.54. The van der Waals surface area contributed by atoms with Crippen LogP contribution < -0.4 is 4.90 Å². The summed E-state index contributed by atoms with van der Waals surface area (Å²) >= 11 is 1.88. The molecule has 4 nitrogen and oxygen atoms in total. The molecule has 2 aliphatic carbocycles. The van der Waals surface area contributed by atoms with Crippen molar-refractivity contribution in [2.24, 2.45) is 5.41 Å². The van der Waals surface area contributed by atoms with Crippen molar-refractivity contribution < 1.29 is 9.53 Å². The van der Waals surface area contributed by atoms with Gasteiger partial charge in [0.2, 0.25) is 0 Å². The lowest BCUT2D eigenvalue weighted by atomic mass is 9.74. The van der Waals surface area contributed by atoms with Gasteiger partial charge in [0.1, 0.15) is 11.6 Å². The number of anilines is 1. The molecule has 0 aromatic heterocycles. The van der Waals surface area contributed by atoms with E-state index in [1.54, 1.807) is 6.92 Å². The van der Waals surface area contributed by atoms with Crippen LogP contribution in [-0.2, 0) is 22.4 Å². The van der Waals surface area contributed by atoms with Gasteiger partial charge in [-0.2, -0.15) is 5.26 Å². The largest absolute Gasteiger partial charge is 0.462 e.